The Morgan fingerprint density at radius 3 is 1.77 bits per heavy atom. The third-order valence-electron chi connectivity index (χ3n) is 10.1. The molecule has 0 aliphatic heterocycles. The largest absolute Gasteiger partial charge is 0.309 e. The normalized spacial score (nSPS) is 12.3. The van der Waals surface area contributed by atoms with Crippen molar-refractivity contribution in [1.29, 1.82) is 0 Å². The third kappa shape index (κ3) is 3.44. The summed E-state index contributed by atoms with van der Waals surface area (Å²) in [5.74, 6) is 0. The summed E-state index contributed by atoms with van der Waals surface area (Å²) < 4.78 is 7.62. The number of rotatable bonds is 2. The molecule has 0 N–H and O–H groups in total. The molecule has 11 aromatic rings. The minimum atomic E-state index is 1.17. The van der Waals surface area contributed by atoms with Crippen molar-refractivity contribution in [2.45, 2.75) is 0 Å². The lowest BCUT2D eigenvalue weighted by Crippen LogP contribution is -1.97. The molecular weight excluding hydrogens is 589 g/mol. The maximum absolute atomic E-state index is 2.50. The zero-order valence-corrected chi connectivity index (χ0v) is 26.1. The van der Waals surface area contributed by atoms with E-state index in [4.69, 9.17) is 0 Å². The van der Waals surface area contributed by atoms with Crippen LogP contribution in [0.4, 0.5) is 0 Å². The van der Waals surface area contributed by atoms with E-state index in [1.165, 1.54) is 96.7 Å². The van der Waals surface area contributed by atoms with Crippen molar-refractivity contribution < 1.29 is 0 Å². The topological polar surface area (TPSA) is 9.86 Å². The highest BCUT2D eigenvalue weighted by atomic mass is 32.1. The summed E-state index contributed by atoms with van der Waals surface area (Å²) in [4.78, 5) is 0. The molecule has 0 unspecified atom stereocenters. The molecular formula is C44H26N2S. The van der Waals surface area contributed by atoms with E-state index in [0.29, 0.717) is 0 Å². The van der Waals surface area contributed by atoms with Crippen LogP contribution in [0.2, 0.25) is 0 Å². The summed E-state index contributed by atoms with van der Waals surface area (Å²) in [6, 6.07) is 58.2. The second-order valence-corrected chi connectivity index (χ2v) is 13.6. The van der Waals surface area contributed by atoms with Gasteiger partial charge in [0.15, 0.2) is 0 Å². The molecule has 0 aliphatic rings. The molecule has 0 spiro atoms. The van der Waals surface area contributed by atoms with Crippen LogP contribution in [-0.2, 0) is 0 Å². The third-order valence-corrected chi connectivity index (χ3v) is 11.2. The van der Waals surface area contributed by atoms with E-state index in [0.717, 1.165) is 0 Å². The van der Waals surface area contributed by atoms with Crippen LogP contribution in [0.1, 0.15) is 0 Å². The van der Waals surface area contributed by atoms with Gasteiger partial charge in [0.2, 0.25) is 0 Å². The van der Waals surface area contributed by atoms with E-state index in [2.05, 4.69) is 167 Å². The second-order valence-electron chi connectivity index (χ2n) is 12.5. The average Bonchev–Trinajstić information content (AvgIpc) is 3.76. The average molecular weight is 615 g/mol. The summed E-state index contributed by atoms with van der Waals surface area (Å²) in [7, 11) is 0. The fourth-order valence-corrected chi connectivity index (χ4v) is 9.15. The molecule has 0 saturated carbocycles. The number of nitrogens with zero attached hydrogens (tertiary/aromatic N) is 2. The minimum Gasteiger partial charge on any atom is -0.309 e. The van der Waals surface area contributed by atoms with Crippen molar-refractivity contribution in [1.82, 2.24) is 9.13 Å². The molecule has 0 radical (unpaired) electrons. The quantitative estimate of drug-likeness (QED) is 0.171. The maximum atomic E-state index is 2.50. The van der Waals surface area contributed by atoms with Gasteiger partial charge >= 0.3 is 0 Å². The van der Waals surface area contributed by atoms with Gasteiger partial charge in [-0.2, -0.15) is 0 Å². The summed E-state index contributed by atoms with van der Waals surface area (Å²) in [5, 5.41) is 12.8. The number of para-hydroxylation sites is 2. The molecule has 0 saturated heterocycles. The van der Waals surface area contributed by atoms with E-state index >= 15 is 0 Å². The van der Waals surface area contributed by atoms with Gasteiger partial charge in [0.25, 0.3) is 0 Å². The fourth-order valence-electron chi connectivity index (χ4n) is 8.03. The van der Waals surface area contributed by atoms with E-state index in [-0.39, 0.29) is 0 Å². The molecule has 0 aliphatic carbocycles. The molecule has 47 heavy (non-hydrogen) atoms. The first-order chi connectivity index (χ1) is 23.3. The molecule has 218 valence electrons. The van der Waals surface area contributed by atoms with Crippen LogP contribution in [0.25, 0.3) is 96.7 Å². The first-order valence-corrected chi connectivity index (χ1v) is 16.9. The Labute approximate surface area is 273 Å². The molecule has 8 aromatic carbocycles. The van der Waals surface area contributed by atoms with Crippen molar-refractivity contribution in [3.8, 4) is 11.4 Å². The van der Waals surface area contributed by atoms with Crippen LogP contribution in [0, 0.1) is 0 Å². The molecule has 11 rings (SSSR count). The van der Waals surface area contributed by atoms with Crippen LogP contribution in [0.15, 0.2) is 158 Å². The Kier molecular flexibility index (Phi) is 5.02. The van der Waals surface area contributed by atoms with Gasteiger partial charge in [-0.1, -0.05) is 103 Å². The Morgan fingerprint density at radius 2 is 0.915 bits per heavy atom. The lowest BCUT2D eigenvalue weighted by molar-refractivity contribution is 1.17. The van der Waals surface area contributed by atoms with Crippen LogP contribution < -0.4 is 0 Å². The SMILES string of the molecule is c1ccc(-n2c3cc4sc5ccccc5c4cc3c3cc4c5ccccc5n(-c5cc6ccccc6c6ccccc56)c4cc32)cc1. The van der Waals surface area contributed by atoms with Gasteiger partial charge in [-0.05, 0) is 70.8 Å². The first kappa shape index (κ1) is 25.3. The molecule has 0 fully saturated rings. The van der Waals surface area contributed by atoms with Crippen molar-refractivity contribution in [2.24, 2.45) is 0 Å². The molecule has 0 amide bonds. The van der Waals surface area contributed by atoms with Gasteiger partial charge in [0.1, 0.15) is 0 Å². The fraction of sp³-hybridized carbons (Fsp3) is 0. The number of benzene rings is 8. The molecule has 0 atom stereocenters. The highest BCUT2D eigenvalue weighted by molar-refractivity contribution is 7.25. The van der Waals surface area contributed by atoms with E-state index in [9.17, 15) is 0 Å². The van der Waals surface area contributed by atoms with Crippen molar-refractivity contribution in [3.63, 3.8) is 0 Å². The van der Waals surface area contributed by atoms with Crippen LogP contribution >= 0.6 is 11.3 Å². The lowest BCUT2D eigenvalue weighted by Gasteiger charge is -2.14. The first-order valence-electron chi connectivity index (χ1n) is 16.1. The summed E-state index contributed by atoms with van der Waals surface area (Å²) in [6.45, 7) is 0. The summed E-state index contributed by atoms with van der Waals surface area (Å²) in [6.07, 6.45) is 0. The standard InChI is InChI=1S/C44H26N2S/c1-2-13-28(14-3-1)45-40-25-41-34(23-35(40)36-24-37-33-19-9-11-21-43(33)47-44(37)26-42(36)45)32-18-8-10-20-38(32)46(41)39-22-27-12-4-5-15-29(27)30-16-6-7-17-31(30)39/h1-26H. The molecule has 3 heterocycles. The smallest absolute Gasteiger partial charge is 0.0562 e. The Balaban J connectivity index is 1.34. The zero-order valence-electron chi connectivity index (χ0n) is 25.3. The summed E-state index contributed by atoms with van der Waals surface area (Å²) >= 11 is 1.88. The van der Waals surface area contributed by atoms with Crippen molar-refractivity contribution >= 4 is 96.7 Å². The number of hydrogen-bond donors (Lipinski definition) is 0. The molecule has 2 nitrogen and oxygen atoms in total. The van der Waals surface area contributed by atoms with Gasteiger partial charge in [-0.3, -0.25) is 0 Å². The number of aromatic nitrogens is 2. The molecule has 3 aromatic heterocycles. The van der Waals surface area contributed by atoms with Crippen molar-refractivity contribution in [3.05, 3.63) is 158 Å². The van der Waals surface area contributed by atoms with E-state index < -0.39 is 0 Å². The monoisotopic (exact) mass is 614 g/mol. The molecule has 0 bridgehead atoms. The maximum Gasteiger partial charge on any atom is 0.0562 e. The van der Waals surface area contributed by atoms with Crippen molar-refractivity contribution in [2.75, 3.05) is 0 Å². The highest BCUT2D eigenvalue weighted by Gasteiger charge is 2.21. The predicted octanol–water partition coefficient (Wildman–Crippen LogP) is 12.6. The van der Waals surface area contributed by atoms with Gasteiger partial charge in [0.05, 0.1) is 27.8 Å². The van der Waals surface area contributed by atoms with Gasteiger partial charge in [-0.25, -0.2) is 0 Å². The number of hydrogen-bond acceptors (Lipinski definition) is 1. The second kappa shape index (κ2) is 9.32. The van der Waals surface area contributed by atoms with Gasteiger partial charge in [0, 0.05) is 52.8 Å². The number of thiophene rings is 1. The minimum absolute atomic E-state index is 1.17. The molecule has 3 heteroatoms. The predicted molar refractivity (Wildman–Crippen MR) is 203 cm³/mol. The van der Waals surface area contributed by atoms with Gasteiger partial charge in [-0.15, -0.1) is 11.3 Å². The van der Waals surface area contributed by atoms with E-state index in [1.807, 2.05) is 11.3 Å². The Morgan fingerprint density at radius 1 is 0.319 bits per heavy atom. The Hall–Kier alpha value is -5.90. The van der Waals surface area contributed by atoms with Crippen LogP contribution in [-0.4, -0.2) is 9.13 Å². The summed E-state index contributed by atoms with van der Waals surface area (Å²) in [5.41, 5.74) is 7.27. The number of fused-ring (bicyclic) bond motifs is 12. The zero-order chi connectivity index (χ0) is 30.6. The van der Waals surface area contributed by atoms with Crippen LogP contribution in [0.5, 0.6) is 0 Å². The van der Waals surface area contributed by atoms with Crippen LogP contribution in [0.3, 0.4) is 0 Å². The Bertz CT molecular complexity index is 3070. The van der Waals surface area contributed by atoms with E-state index in [1.54, 1.807) is 0 Å². The lowest BCUT2D eigenvalue weighted by atomic mass is 10.00. The van der Waals surface area contributed by atoms with Gasteiger partial charge < -0.3 is 9.13 Å². The highest BCUT2D eigenvalue weighted by Crippen LogP contribution is 2.44.